The number of hydrogen-bond acceptors (Lipinski definition) is 3. The Hall–Kier alpha value is -7.40. The lowest BCUT2D eigenvalue weighted by molar-refractivity contribution is 0.670. The van der Waals surface area contributed by atoms with E-state index in [-0.39, 0.29) is 0 Å². The summed E-state index contributed by atoms with van der Waals surface area (Å²) >= 11 is 1.85. The fraction of sp³-hybridized carbons (Fsp3) is 0. The quantitative estimate of drug-likeness (QED) is 0.168. The van der Waals surface area contributed by atoms with Crippen LogP contribution in [0.1, 0.15) is 0 Å². The Morgan fingerprint density at radius 3 is 1.84 bits per heavy atom. The summed E-state index contributed by atoms with van der Waals surface area (Å²) in [6, 6.07) is 74.5. The van der Waals surface area contributed by atoms with E-state index >= 15 is 0 Å². The maximum atomic E-state index is 6.81. The summed E-state index contributed by atoms with van der Waals surface area (Å²) < 4.78 is 11.8. The second kappa shape index (κ2) is 13.1. The van der Waals surface area contributed by atoms with Gasteiger partial charge in [0.1, 0.15) is 11.2 Å². The fourth-order valence-corrected chi connectivity index (χ4v) is 9.97. The number of rotatable bonds is 6. The number of para-hydroxylation sites is 3. The van der Waals surface area contributed by atoms with Crippen molar-refractivity contribution in [3.63, 3.8) is 0 Å². The molecule has 3 nitrogen and oxygen atoms in total. The Kier molecular flexibility index (Phi) is 7.40. The van der Waals surface area contributed by atoms with Crippen molar-refractivity contribution >= 4 is 92.3 Å². The number of hydrogen-bond donors (Lipinski definition) is 0. The minimum atomic E-state index is 0.875. The maximum Gasteiger partial charge on any atom is 0.143 e. The molecule has 0 bridgehead atoms. The SMILES string of the molecule is c1ccc(-c2ccc(N(c3ccc4sc5ccccc5c4c3)c3cc(-c4ccc5c6ccccc6n(-c6ccccc6)c5c4)c4oc5ccccc5c4c3)cc2)cc1. The van der Waals surface area contributed by atoms with Crippen molar-refractivity contribution in [1.82, 2.24) is 4.57 Å². The third kappa shape index (κ3) is 5.19. The van der Waals surface area contributed by atoms with Gasteiger partial charge in [-0.1, -0.05) is 127 Å². The molecule has 0 N–H and O–H groups in total. The van der Waals surface area contributed by atoms with E-state index in [4.69, 9.17) is 4.42 Å². The van der Waals surface area contributed by atoms with E-state index in [1.54, 1.807) is 0 Å². The summed E-state index contributed by atoms with van der Waals surface area (Å²) in [6.07, 6.45) is 0. The van der Waals surface area contributed by atoms with Gasteiger partial charge >= 0.3 is 0 Å². The average molecular weight is 759 g/mol. The van der Waals surface area contributed by atoms with Crippen LogP contribution in [0.4, 0.5) is 17.1 Å². The molecule has 0 saturated heterocycles. The molecular formula is C54H34N2OS. The Balaban J connectivity index is 1.12. The first-order valence-electron chi connectivity index (χ1n) is 19.7. The Morgan fingerprint density at radius 2 is 1.00 bits per heavy atom. The second-order valence-corrected chi connectivity index (χ2v) is 16.0. The van der Waals surface area contributed by atoms with E-state index in [2.05, 4.69) is 216 Å². The van der Waals surface area contributed by atoms with Crippen molar-refractivity contribution < 1.29 is 4.42 Å². The molecule has 0 amide bonds. The number of aromatic nitrogens is 1. The molecule has 4 heteroatoms. The Bertz CT molecular complexity index is 3500. The molecule has 3 aromatic heterocycles. The van der Waals surface area contributed by atoms with Crippen LogP contribution in [0.2, 0.25) is 0 Å². The van der Waals surface area contributed by atoms with Gasteiger partial charge in [0, 0.05) is 70.0 Å². The van der Waals surface area contributed by atoms with Gasteiger partial charge in [-0.05, 0) is 95.6 Å². The zero-order valence-corrected chi connectivity index (χ0v) is 32.2. The summed E-state index contributed by atoms with van der Waals surface area (Å²) in [7, 11) is 0. The van der Waals surface area contributed by atoms with Crippen molar-refractivity contribution in [2.24, 2.45) is 0 Å². The molecule has 0 spiro atoms. The van der Waals surface area contributed by atoms with Gasteiger partial charge in [-0.15, -0.1) is 11.3 Å². The van der Waals surface area contributed by atoms with Crippen molar-refractivity contribution in [2.45, 2.75) is 0 Å². The molecule has 0 aliphatic carbocycles. The highest BCUT2D eigenvalue weighted by molar-refractivity contribution is 7.25. The predicted octanol–water partition coefficient (Wildman–Crippen LogP) is 15.9. The molecule has 58 heavy (non-hydrogen) atoms. The molecule has 0 saturated carbocycles. The summed E-state index contributed by atoms with van der Waals surface area (Å²) in [5.74, 6) is 0. The average Bonchev–Trinajstić information content (AvgIpc) is 3.96. The van der Waals surface area contributed by atoms with Crippen molar-refractivity contribution in [2.75, 3.05) is 4.90 Å². The summed E-state index contributed by atoms with van der Waals surface area (Å²) in [5, 5.41) is 7.17. The molecule has 12 rings (SSSR count). The van der Waals surface area contributed by atoms with Crippen LogP contribution in [-0.2, 0) is 0 Å². The predicted molar refractivity (Wildman–Crippen MR) is 247 cm³/mol. The molecule has 0 aliphatic rings. The molecular weight excluding hydrogens is 725 g/mol. The van der Waals surface area contributed by atoms with Gasteiger partial charge in [-0.2, -0.15) is 0 Å². The van der Waals surface area contributed by atoms with Crippen LogP contribution in [0.15, 0.2) is 211 Å². The van der Waals surface area contributed by atoms with Gasteiger partial charge in [-0.3, -0.25) is 0 Å². The van der Waals surface area contributed by atoms with E-state index in [1.165, 1.54) is 47.6 Å². The van der Waals surface area contributed by atoms with E-state index in [0.717, 1.165) is 61.3 Å². The molecule has 3 heterocycles. The zero-order valence-electron chi connectivity index (χ0n) is 31.3. The van der Waals surface area contributed by atoms with Crippen LogP contribution in [0.25, 0.3) is 91.9 Å². The first-order valence-corrected chi connectivity index (χ1v) is 20.5. The van der Waals surface area contributed by atoms with Crippen molar-refractivity contribution in [1.29, 1.82) is 0 Å². The van der Waals surface area contributed by atoms with Crippen LogP contribution in [0.5, 0.6) is 0 Å². The topological polar surface area (TPSA) is 21.3 Å². The van der Waals surface area contributed by atoms with E-state index in [1.807, 2.05) is 11.3 Å². The van der Waals surface area contributed by atoms with Crippen molar-refractivity contribution in [3.8, 4) is 27.9 Å². The highest BCUT2D eigenvalue weighted by Gasteiger charge is 2.22. The number of fused-ring (bicyclic) bond motifs is 9. The largest absolute Gasteiger partial charge is 0.455 e. The number of thiophene rings is 1. The molecule has 272 valence electrons. The number of furan rings is 1. The summed E-state index contributed by atoms with van der Waals surface area (Å²) in [6.45, 7) is 0. The molecule has 9 aromatic carbocycles. The molecule has 12 aromatic rings. The Labute approximate surface area is 338 Å². The molecule has 0 fully saturated rings. The summed E-state index contributed by atoms with van der Waals surface area (Å²) in [4.78, 5) is 2.41. The third-order valence-electron chi connectivity index (χ3n) is 11.6. The number of anilines is 3. The van der Waals surface area contributed by atoms with Crippen LogP contribution in [-0.4, -0.2) is 4.57 Å². The van der Waals surface area contributed by atoms with Crippen LogP contribution >= 0.6 is 11.3 Å². The smallest absolute Gasteiger partial charge is 0.143 e. The number of benzene rings is 9. The van der Waals surface area contributed by atoms with E-state index < -0.39 is 0 Å². The van der Waals surface area contributed by atoms with Crippen LogP contribution in [0, 0.1) is 0 Å². The van der Waals surface area contributed by atoms with Gasteiger partial charge in [0.2, 0.25) is 0 Å². The second-order valence-electron chi connectivity index (χ2n) is 14.9. The lowest BCUT2D eigenvalue weighted by atomic mass is 9.98. The van der Waals surface area contributed by atoms with Crippen LogP contribution < -0.4 is 4.90 Å². The Morgan fingerprint density at radius 1 is 0.379 bits per heavy atom. The molecule has 0 atom stereocenters. The van der Waals surface area contributed by atoms with Gasteiger partial charge < -0.3 is 13.9 Å². The highest BCUT2D eigenvalue weighted by atomic mass is 32.1. The van der Waals surface area contributed by atoms with Crippen LogP contribution in [0.3, 0.4) is 0 Å². The lowest BCUT2D eigenvalue weighted by Gasteiger charge is -2.27. The standard InChI is InChI=1S/C54H34N2OS/c1-3-13-35(14-4-1)36-23-26-39(27-24-36)55(40-28-30-53-47(32-40)45-19-9-12-22-52(45)58-53)41-33-46(54-48(34-41)44-18-8-11-21-51(44)57-54)37-25-29-43-42-17-7-10-20-49(42)56(50(43)31-37)38-15-5-2-6-16-38/h1-34H. The fourth-order valence-electron chi connectivity index (χ4n) is 8.88. The third-order valence-corrected chi connectivity index (χ3v) is 12.7. The first-order chi connectivity index (χ1) is 28.7. The van der Waals surface area contributed by atoms with Gasteiger partial charge in [0.05, 0.1) is 11.0 Å². The minimum absolute atomic E-state index is 0.875. The highest BCUT2D eigenvalue weighted by Crippen LogP contribution is 2.46. The van der Waals surface area contributed by atoms with Crippen molar-refractivity contribution in [3.05, 3.63) is 206 Å². The van der Waals surface area contributed by atoms with E-state index in [9.17, 15) is 0 Å². The van der Waals surface area contributed by atoms with Gasteiger partial charge in [0.15, 0.2) is 0 Å². The zero-order chi connectivity index (χ0) is 38.2. The van der Waals surface area contributed by atoms with Gasteiger partial charge in [0.25, 0.3) is 0 Å². The number of nitrogens with zero attached hydrogens (tertiary/aromatic N) is 2. The van der Waals surface area contributed by atoms with Gasteiger partial charge in [-0.25, -0.2) is 0 Å². The van der Waals surface area contributed by atoms with E-state index in [0.29, 0.717) is 0 Å². The first kappa shape index (κ1) is 32.8. The lowest BCUT2D eigenvalue weighted by Crippen LogP contribution is -2.10. The molecule has 0 radical (unpaired) electrons. The molecule has 0 aliphatic heterocycles. The normalized spacial score (nSPS) is 11.8. The summed E-state index contributed by atoms with van der Waals surface area (Å²) in [5.41, 5.74) is 13.0. The maximum absolute atomic E-state index is 6.81. The molecule has 0 unspecified atom stereocenters. The monoisotopic (exact) mass is 758 g/mol. The minimum Gasteiger partial charge on any atom is -0.455 e.